The Labute approximate surface area is 171 Å². The van der Waals surface area contributed by atoms with E-state index in [0.717, 1.165) is 18.9 Å². The largest absolute Gasteiger partial charge is 0.378 e. The molecule has 29 heavy (non-hydrogen) atoms. The number of anilines is 1. The lowest BCUT2D eigenvalue weighted by molar-refractivity contribution is 0.102. The van der Waals surface area contributed by atoms with Gasteiger partial charge in [0.25, 0.3) is 5.91 Å². The highest BCUT2D eigenvalue weighted by atomic mass is 32.2. The first-order valence-corrected chi connectivity index (χ1v) is 10.1. The molecule has 1 aromatic heterocycles. The second-order valence-corrected chi connectivity index (χ2v) is 9.13. The second-order valence-electron chi connectivity index (χ2n) is 7.69. The van der Waals surface area contributed by atoms with Crippen molar-refractivity contribution in [3.63, 3.8) is 0 Å². The van der Waals surface area contributed by atoms with Crippen LogP contribution in [0.3, 0.4) is 0 Å². The highest BCUT2D eigenvalue weighted by Gasteiger charge is 2.65. The van der Waals surface area contributed by atoms with Crippen LogP contribution >= 0.6 is 11.8 Å². The summed E-state index contributed by atoms with van der Waals surface area (Å²) in [5.74, 6) is -2.54. The molecule has 0 bridgehead atoms. The maximum atomic E-state index is 14.8. The number of amides is 1. The molecule has 1 unspecified atom stereocenters. The van der Waals surface area contributed by atoms with Crippen LogP contribution in [0.4, 0.5) is 14.5 Å². The van der Waals surface area contributed by atoms with Crippen LogP contribution in [0.25, 0.3) is 0 Å². The number of carbonyl (C=O) groups is 1. The SMILES string of the molecule is CC[C@]12CC1[C@@](C)(c1cc(NC(=O)c3cnc(C)cn3)cc(F)c1F)N=C(N)S2. The standard InChI is InChI=1S/C20H21F2N5OS/c1-4-20-7-15(20)19(3,27-18(23)29-20)12-5-11(6-13(21)16(12)22)26-17(28)14-9-24-10(2)8-25-14/h5-6,8-9,15H,4,7H2,1-3H3,(H2,23,27)(H,26,28)/t15?,19-,20+/m1/s1. The molecule has 9 heteroatoms. The fourth-order valence-electron chi connectivity index (χ4n) is 4.09. The van der Waals surface area contributed by atoms with Gasteiger partial charge in [0.05, 0.1) is 17.4 Å². The Bertz CT molecular complexity index is 1030. The van der Waals surface area contributed by atoms with Gasteiger partial charge in [0.1, 0.15) is 5.69 Å². The summed E-state index contributed by atoms with van der Waals surface area (Å²) in [4.78, 5) is 25.0. The van der Waals surface area contributed by atoms with Crippen LogP contribution in [0, 0.1) is 24.5 Å². The summed E-state index contributed by atoms with van der Waals surface area (Å²) >= 11 is 1.51. The van der Waals surface area contributed by atoms with Crippen LogP contribution in [0.2, 0.25) is 0 Å². The van der Waals surface area contributed by atoms with E-state index in [1.807, 2.05) is 0 Å². The third-order valence-electron chi connectivity index (χ3n) is 5.80. The summed E-state index contributed by atoms with van der Waals surface area (Å²) < 4.78 is 29.2. The van der Waals surface area contributed by atoms with Crippen LogP contribution < -0.4 is 11.1 Å². The number of nitrogens with one attached hydrogen (secondary N) is 1. The van der Waals surface area contributed by atoms with Crippen LogP contribution in [0.5, 0.6) is 0 Å². The zero-order chi connectivity index (χ0) is 21.0. The Morgan fingerprint density at radius 3 is 2.76 bits per heavy atom. The molecule has 4 rings (SSSR count). The van der Waals surface area contributed by atoms with Gasteiger partial charge in [0.2, 0.25) is 0 Å². The van der Waals surface area contributed by atoms with E-state index in [1.54, 1.807) is 13.8 Å². The van der Waals surface area contributed by atoms with Gasteiger partial charge in [-0.05, 0) is 32.8 Å². The van der Waals surface area contributed by atoms with E-state index >= 15 is 0 Å². The third kappa shape index (κ3) is 3.27. The van der Waals surface area contributed by atoms with Crippen molar-refractivity contribution in [3.05, 3.63) is 53.1 Å². The molecule has 6 nitrogen and oxygen atoms in total. The first kappa shape index (κ1) is 19.8. The number of aryl methyl sites for hydroxylation is 1. The number of thioether (sulfide) groups is 1. The molecule has 0 radical (unpaired) electrons. The van der Waals surface area contributed by atoms with Crippen LogP contribution in [0.15, 0.2) is 29.5 Å². The molecule has 1 fully saturated rings. The topological polar surface area (TPSA) is 93.3 Å². The maximum Gasteiger partial charge on any atom is 0.275 e. The number of hydrogen-bond acceptors (Lipinski definition) is 6. The van der Waals surface area contributed by atoms with Crippen LogP contribution in [0.1, 0.15) is 48.4 Å². The molecule has 152 valence electrons. The van der Waals surface area contributed by atoms with E-state index in [1.165, 1.54) is 30.2 Å². The monoisotopic (exact) mass is 417 g/mol. The molecule has 2 aromatic rings. The summed E-state index contributed by atoms with van der Waals surface area (Å²) in [6.45, 7) is 5.58. The van der Waals surface area contributed by atoms with Crippen molar-refractivity contribution in [2.24, 2.45) is 16.6 Å². The molecular formula is C20H21F2N5OS. The Hall–Kier alpha value is -2.55. The number of amidine groups is 1. The Morgan fingerprint density at radius 2 is 2.10 bits per heavy atom. The van der Waals surface area contributed by atoms with Crippen molar-refractivity contribution < 1.29 is 13.6 Å². The molecule has 2 aliphatic rings. The number of aromatic nitrogens is 2. The number of hydrogen-bond donors (Lipinski definition) is 2. The van der Waals surface area contributed by atoms with E-state index in [0.29, 0.717) is 10.9 Å². The van der Waals surface area contributed by atoms with Gasteiger partial charge >= 0.3 is 0 Å². The number of benzene rings is 1. The number of halogens is 2. The summed E-state index contributed by atoms with van der Waals surface area (Å²) in [6, 6.07) is 2.38. The predicted octanol–water partition coefficient (Wildman–Crippen LogP) is 3.76. The van der Waals surface area contributed by atoms with Crippen molar-refractivity contribution in [3.8, 4) is 0 Å². The van der Waals surface area contributed by atoms with Crippen molar-refractivity contribution in [1.29, 1.82) is 0 Å². The molecule has 1 aliphatic carbocycles. The summed E-state index contributed by atoms with van der Waals surface area (Å²) in [5, 5.41) is 2.94. The molecule has 3 atom stereocenters. The van der Waals surface area contributed by atoms with Crippen molar-refractivity contribution in [2.45, 2.75) is 43.9 Å². The number of fused-ring (bicyclic) bond motifs is 1. The smallest absolute Gasteiger partial charge is 0.275 e. The highest BCUT2D eigenvalue weighted by molar-refractivity contribution is 8.15. The third-order valence-corrected chi connectivity index (χ3v) is 7.24. The van der Waals surface area contributed by atoms with Crippen molar-refractivity contribution in [1.82, 2.24) is 9.97 Å². The molecule has 0 saturated heterocycles. The minimum atomic E-state index is -1.05. The van der Waals surface area contributed by atoms with E-state index < -0.39 is 23.1 Å². The van der Waals surface area contributed by atoms with Gasteiger partial charge in [-0.15, -0.1) is 0 Å². The average Bonchev–Trinajstić information content (AvgIpc) is 3.41. The van der Waals surface area contributed by atoms with Gasteiger partial charge in [-0.2, -0.15) is 0 Å². The summed E-state index contributed by atoms with van der Waals surface area (Å²) in [5.41, 5.74) is 6.00. The fraction of sp³-hybridized carbons (Fsp3) is 0.400. The Kier molecular flexibility index (Phi) is 4.60. The molecular weight excluding hydrogens is 396 g/mol. The molecule has 3 N–H and O–H groups in total. The number of carbonyl (C=O) groups excluding carboxylic acids is 1. The summed E-state index contributed by atoms with van der Waals surface area (Å²) in [6.07, 6.45) is 4.48. The molecule has 1 amide bonds. The van der Waals surface area contributed by atoms with Crippen molar-refractivity contribution in [2.75, 3.05) is 5.32 Å². The lowest BCUT2D eigenvalue weighted by atomic mass is 9.85. The average molecular weight is 417 g/mol. The lowest BCUT2D eigenvalue weighted by Crippen LogP contribution is -2.36. The van der Waals surface area contributed by atoms with E-state index in [9.17, 15) is 13.6 Å². The normalized spacial score (nSPS) is 27.8. The number of nitrogens with zero attached hydrogens (tertiary/aromatic N) is 3. The molecule has 0 spiro atoms. The van der Waals surface area contributed by atoms with Gasteiger partial charge in [-0.25, -0.2) is 13.8 Å². The number of nitrogens with two attached hydrogens (primary N) is 1. The quantitative estimate of drug-likeness (QED) is 0.790. The zero-order valence-electron chi connectivity index (χ0n) is 16.3. The van der Waals surface area contributed by atoms with Gasteiger partial charge < -0.3 is 11.1 Å². The molecule has 1 saturated carbocycles. The highest BCUT2D eigenvalue weighted by Crippen LogP contribution is 2.67. The molecule has 1 aromatic carbocycles. The van der Waals surface area contributed by atoms with Crippen LogP contribution in [-0.4, -0.2) is 25.8 Å². The molecule has 1 aliphatic heterocycles. The number of aliphatic imine (C=N–C) groups is 1. The Balaban J connectivity index is 1.70. The van der Waals surface area contributed by atoms with Gasteiger partial charge in [-0.1, -0.05) is 18.7 Å². The minimum Gasteiger partial charge on any atom is -0.378 e. The molecule has 2 heterocycles. The van der Waals surface area contributed by atoms with Crippen molar-refractivity contribution >= 4 is 28.5 Å². The van der Waals surface area contributed by atoms with E-state index in [4.69, 9.17) is 5.73 Å². The summed E-state index contributed by atoms with van der Waals surface area (Å²) in [7, 11) is 0. The fourth-order valence-corrected chi connectivity index (χ4v) is 5.51. The predicted molar refractivity (Wildman–Crippen MR) is 109 cm³/mol. The first-order chi connectivity index (χ1) is 13.7. The van der Waals surface area contributed by atoms with Gasteiger partial charge in [0, 0.05) is 34.2 Å². The lowest BCUT2D eigenvalue weighted by Gasteiger charge is -2.34. The van der Waals surface area contributed by atoms with E-state index in [2.05, 4.69) is 27.2 Å². The van der Waals surface area contributed by atoms with Gasteiger partial charge in [0.15, 0.2) is 16.8 Å². The Morgan fingerprint density at radius 1 is 1.34 bits per heavy atom. The first-order valence-electron chi connectivity index (χ1n) is 9.32. The minimum absolute atomic E-state index is 0.0418. The van der Waals surface area contributed by atoms with Gasteiger partial charge in [-0.3, -0.25) is 14.8 Å². The second kappa shape index (κ2) is 6.76. The van der Waals surface area contributed by atoms with Crippen LogP contribution in [-0.2, 0) is 5.54 Å². The zero-order valence-corrected chi connectivity index (χ0v) is 17.1. The maximum absolute atomic E-state index is 14.8. The number of rotatable bonds is 4. The van der Waals surface area contributed by atoms with E-state index in [-0.39, 0.29) is 27.6 Å².